The number of rotatable bonds is 5. The first kappa shape index (κ1) is 11.6. The highest BCUT2D eigenvalue weighted by Gasteiger charge is 2.02. The van der Waals surface area contributed by atoms with E-state index in [1.807, 2.05) is 13.0 Å². The molecule has 4 heteroatoms. The molecule has 0 fully saturated rings. The summed E-state index contributed by atoms with van der Waals surface area (Å²) in [4.78, 5) is 4.05. The van der Waals surface area contributed by atoms with Crippen molar-refractivity contribution >= 4 is 15.9 Å². The molecule has 0 N–H and O–H groups in total. The Labute approximate surface area is 92.6 Å². The molecule has 0 amide bonds. The molecular formula is C10H14BrNO2. The van der Waals surface area contributed by atoms with Crippen LogP contribution in [0.5, 0.6) is 0 Å². The van der Waals surface area contributed by atoms with E-state index in [-0.39, 0.29) is 6.10 Å². The van der Waals surface area contributed by atoms with Gasteiger partial charge in [0.15, 0.2) is 0 Å². The molecule has 0 aromatic carbocycles. The molecule has 0 saturated heterocycles. The van der Waals surface area contributed by atoms with E-state index in [0.29, 0.717) is 13.2 Å². The number of hydrogen-bond acceptors (Lipinski definition) is 3. The minimum Gasteiger partial charge on any atom is -0.382 e. The van der Waals surface area contributed by atoms with Gasteiger partial charge in [0.05, 0.1) is 19.3 Å². The maximum atomic E-state index is 5.54. The predicted octanol–water partition coefficient (Wildman–Crippen LogP) is 2.40. The Morgan fingerprint density at radius 1 is 1.50 bits per heavy atom. The quantitative estimate of drug-likeness (QED) is 0.814. The van der Waals surface area contributed by atoms with Gasteiger partial charge in [-0.15, -0.1) is 0 Å². The van der Waals surface area contributed by atoms with Gasteiger partial charge in [-0.25, -0.2) is 0 Å². The lowest BCUT2D eigenvalue weighted by Crippen LogP contribution is -2.14. The van der Waals surface area contributed by atoms with Crippen LogP contribution in [-0.2, 0) is 16.1 Å². The molecule has 1 heterocycles. The SMILES string of the molecule is COCC(C)OCc1cncc(Br)c1. The van der Waals surface area contributed by atoms with Gasteiger partial charge < -0.3 is 9.47 Å². The van der Waals surface area contributed by atoms with Crippen LogP contribution in [0.15, 0.2) is 22.9 Å². The average Bonchev–Trinajstić information content (AvgIpc) is 2.15. The van der Waals surface area contributed by atoms with Gasteiger partial charge in [0.1, 0.15) is 0 Å². The molecule has 0 aliphatic rings. The summed E-state index contributed by atoms with van der Waals surface area (Å²) in [7, 11) is 1.67. The third-order valence-corrected chi connectivity index (χ3v) is 2.13. The van der Waals surface area contributed by atoms with Gasteiger partial charge >= 0.3 is 0 Å². The van der Waals surface area contributed by atoms with Crippen molar-refractivity contribution in [2.24, 2.45) is 0 Å². The van der Waals surface area contributed by atoms with Gasteiger partial charge in [-0.3, -0.25) is 4.98 Å². The van der Waals surface area contributed by atoms with Crippen LogP contribution < -0.4 is 0 Å². The Hall–Kier alpha value is -0.450. The van der Waals surface area contributed by atoms with Crippen molar-refractivity contribution in [2.45, 2.75) is 19.6 Å². The first-order valence-electron chi connectivity index (χ1n) is 4.42. The number of halogens is 1. The van der Waals surface area contributed by atoms with Crippen LogP contribution in [0.2, 0.25) is 0 Å². The van der Waals surface area contributed by atoms with Crippen molar-refractivity contribution in [2.75, 3.05) is 13.7 Å². The topological polar surface area (TPSA) is 31.4 Å². The number of ether oxygens (including phenoxy) is 2. The summed E-state index contributed by atoms with van der Waals surface area (Å²) in [6, 6.07) is 1.99. The van der Waals surface area contributed by atoms with E-state index in [1.54, 1.807) is 19.5 Å². The second kappa shape index (κ2) is 6.11. The van der Waals surface area contributed by atoms with E-state index in [1.165, 1.54) is 0 Å². The van der Waals surface area contributed by atoms with E-state index in [2.05, 4.69) is 20.9 Å². The van der Waals surface area contributed by atoms with Crippen molar-refractivity contribution in [3.8, 4) is 0 Å². The Balaban J connectivity index is 2.37. The van der Waals surface area contributed by atoms with Gasteiger partial charge in [0, 0.05) is 24.0 Å². The Kier molecular flexibility index (Phi) is 5.07. The fraction of sp³-hybridized carbons (Fsp3) is 0.500. The number of nitrogens with zero attached hydrogens (tertiary/aromatic N) is 1. The van der Waals surface area contributed by atoms with Crippen LogP contribution in [0.3, 0.4) is 0 Å². The monoisotopic (exact) mass is 259 g/mol. The molecule has 78 valence electrons. The van der Waals surface area contributed by atoms with Crippen LogP contribution in [0.1, 0.15) is 12.5 Å². The lowest BCUT2D eigenvalue weighted by molar-refractivity contribution is -0.000234. The number of aromatic nitrogens is 1. The largest absolute Gasteiger partial charge is 0.382 e. The van der Waals surface area contributed by atoms with Crippen molar-refractivity contribution in [3.63, 3.8) is 0 Å². The number of methoxy groups -OCH3 is 1. The minimum atomic E-state index is 0.110. The number of hydrogen-bond donors (Lipinski definition) is 0. The molecule has 0 aliphatic heterocycles. The third kappa shape index (κ3) is 4.17. The fourth-order valence-corrected chi connectivity index (χ4v) is 1.47. The molecule has 1 rings (SSSR count). The summed E-state index contributed by atoms with van der Waals surface area (Å²) in [5, 5.41) is 0. The molecule has 0 saturated carbocycles. The average molecular weight is 260 g/mol. The van der Waals surface area contributed by atoms with Gasteiger partial charge in [-0.1, -0.05) is 0 Å². The molecule has 3 nitrogen and oxygen atoms in total. The van der Waals surface area contributed by atoms with Crippen molar-refractivity contribution in [1.29, 1.82) is 0 Å². The smallest absolute Gasteiger partial charge is 0.0784 e. The van der Waals surface area contributed by atoms with E-state index in [0.717, 1.165) is 10.0 Å². The second-order valence-electron chi connectivity index (χ2n) is 3.09. The Morgan fingerprint density at radius 2 is 2.29 bits per heavy atom. The summed E-state index contributed by atoms with van der Waals surface area (Å²) in [5.41, 5.74) is 1.06. The maximum absolute atomic E-state index is 5.54. The van der Waals surface area contributed by atoms with Crippen LogP contribution in [0.25, 0.3) is 0 Å². The van der Waals surface area contributed by atoms with Crippen LogP contribution in [0, 0.1) is 0 Å². The Bertz CT molecular complexity index is 281. The highest BCUT2D eigenvalue weighted by molar-refractivity contribution is 9.10. The zero-order valence-electron chi connectivity index (χ0n) is 8.37. The first-order chi connectivity index (χ1) is 6.72. The lowest BCUT2D eigenvalue weighted by Gasteiger charge is -2.11. The highest BCUT2D eigenvalue weighted by Crippen LogP contribution is 2.10. The van der Waals surface area contributed by atoms with Crippen molar-refractivity contribution in [1.82, 2.24) is 4.98 Å². The predicted molar refractivity (Wildman–Crippen MR) is 58.1 cm³/mol. The summed E-state index contributed by atoms with van der Waals surface area (Å²) < 4.78 is 11.5. The van der Waals surface area contributed by atoms with Crippen molar-refractivity contribution in [3.05, 3.63) is 28.5 Å². The zero-order chi connectivity index (χ0) is 10.4. The Morgan fingerprint density at radius 3 is 2.93 bits per heavy atom. The van der Waals surface area contributed by atoms with Gasteiger partial charge in [0.2, 0.25) is 0 Å². The van der Waals surface area contributed by atoms with Crippen LogP contribution in [0.4, 0.5) is 0 Å². The summed E-state index contributed by atoms with van der Waals surface area (Å²) >= 11 is 3.36. The normalized spacial score (nSPS) is 12.8. The van der Waals surface area contributed by atoms with E-state index >= 15 is 0 Å². The molecule has 0 radical (unpaired) electrons. The minimum absolute atomic E-state index is 0.110. The molecule has 0 aliphatic carbocycles. The zero-order valence-corrected chi connectivity index (χ0v) is 9.95. The van der Waals surface area contributed by atoms with Crippen molar-refractivity contribution < 1.29 is 9.47 Å². The first-order valence-corrected chi connectivity index (χ1v) is 5.21. The summed E-state index contributed by atoms with van der Waals surface area (Å²) in [5.74, 6) is 0. The maximum Gasteiger partial charge on any atom is 0.0784 e. The molecule has 1 aromatic rings. The van der Waals surface area contributed by atoms with E-state index in [4.69, 9.17) is 9.47 Å². The van der Waals surface area contributed by atoms with Crippen LogP contribution in [-0.4, -0.2) is 24.8 Å². The van der Waals surface area contributed by atoms with Gasteiger partial charge in [0.25, 0.3) is 0 Å². The van der Waals surface area contributed by atoms with Gasteiger partial charge in [-0.2, -0.15) is 0 Å². The molecular weight excluding hydrogens is 246 g/mol. The summed E-state index contributed by atoms with van der Waals surface area (Å²) in [6.07, 6.45) is 3.66. The molecule has 1 aromatic heterocycles. The van der Waals surface area contributed by atoms with E-state index in [9.17, 15) is 0 Å². The second-order valence-corrected chi connectivity index (χ2v) is 4.00. The number of pyridine rings is 1. The fourth-order valence-electron chi connectivity index (χ4n) is 1.06. The van der Waals surface area contributed by atoms with E-state index < -0.39 is 0 Å². The third-order valence-electron chi connectivity index (χ3n) is 1.70. The molecule has 1 unspecified atom stereocenters. The molecule has 14 heavy (non-hydrogen) atoms. The summed E-state index contributed by atoms with van der Waals surface area (Å²) in [6.45, 7) is 3.16. The van der Waals surface area contributed by atoms with Crippen LogP contribution >= 0.6 is 15.9 Å². The lowest BCUT2D eigenvalue weighted by atomic mass is 10.3. The highest BCUT2D eigenvalue weighted by atomic mass is 79.9. The standard InChI is InChI=1S/C10H14BrNO2/c1-8(6-13-2)14-7-9-3-10(11)5-12-4-9/h3-5,8H,6-7H2,1-2H3. The molecule has 0 spiro atoms. The molecule has 1 atom stereocenters. The van der Waals surface area contributed by atoms with Gasteiger partial charge in [-0.05, 0) is 34.5 Å². The molecule has 0 bridgehead atoms.